The number of hydrogen-bond acceptors (Lipinski definition) is 3. The van der Waals surface area contributed by atoms with Crippen molar-refractivity contribution in [1.29, 1.82) is 0 Å². The number of nitrogens with one attached hydrogen (secondary N) is 2. The zero-order chi connectivity index (χ0) is 16.7. The number of benzene rings is 1. The normalized spacial score (nSPS) is 11.8. The Hall–Kier alpha value is -2.57. The van der Waals surface area contributed by atoms with Crippen LogP contribution < -0.4 is 15.4 Å². The standard InChI is InChI=1S/C16H21FN4O2/c1-12(13-5-6-15(23-2)14(17)11-13)20-16(22)18-7-3-9-21-10-4-8-19-21/h4-6,8,10-12H,3,7,9H2,1-2H3,(H2,18,20,22)/t12-/m0/s1. The van der Waals surface area contributed by atoms with Crippen LogP contribution in [0.3, 0.4) is 0 Å². The molecule has 0 saturated carbocycles. The topological polar surface area (TPSA) is 68.2 Å². The summed E-state index contributed by atoms with van der Waals surface area (Å²) in [6.45, 7) is 3.08. The molecule has 2 N–H and O–H groups in total. The van der Waals surface area contributed by atoms with Crippen LogP contribution in [0, 0.1) is 5.82 Å². The Balaban J connectivity index is 1.74. The third-order valence-electron chi connectivity index (χ3n) is 3.43. The maximum atomic E-state index is 13.7. The minimum Gasteiger partial charge on any atom is -0.494 e. The van der Waals surface area contributed by atoms with Crippen molar-refractivity contribution >= 4 is 6.03 Å². The summed E-state index contributed by atoms with van der Waals surface area (Å²) in [6, 6.07) is 5.91. The number of carbonyl (C=O) groups is 1. The fraction of sp³-hybridized carbons (Fsp3) is 0.375. The highest BCUT2D eigenvalue weighted by Crippen LogP contribution is 2.21. The van der Waals surface area contributed by atoms with Crippen LogP contribution in [0.1, 0.15) is 24.9 Å². The number of nitrogens with zero attached hydrogens (tertiary/aromatic N) is 2. The lowest BCUT2D eigenvalue weighted by Crippen LogP contribution is -2.37. The lowest BCUT2D eigenvalue weighted by atomic mass is 10.1. The van der Waals surface area contributed by atoms with Crippen molar-refractivity contribution in [2.45, 2.75) is 25.9 Å². The first-order valence-electron chi connectivity index (χ1n) is 7.45. The molecule has 0 radical (unpaired) electrons. The summed E-state index contributed by atoms with van der Waals surface area (Å²) in [5.41, 5.74) is 0.676. The zero-order valence-electron chi connectivity index (χ0n) is 13.3. The van der Waals surface area contributed by atoms with Gasteiger partial charge in [-0.1, -0.05) is 6.07 Å². The molecule has 1 aromatic heterocycles. The van der Waals surface area contributed by atoms with Crippen molar-refractivity contribution in [3.05, 3.63) is 48.0 Å². The van der Waals surface area contributed by atoms with Gasteiger partial charge in [0.15, 0.2) is 11.6 Å². The molecule has 0 fully saturated rings. The van der Waals surface area contributed by atoms with E-state index in [1.54, 1.807) is 25.3 Å². The number of aromatic nitrogens is 2. The van der Waals surface area contributed by atoms with Crippen molar-refractivity contribution in [2.75, 3.05) is 13.7 Å². The average molecular weight is 320 g/mol. The zero-order valence-corrected chi connectivity index (χ0v) is 13.3. The van der Waals surface area contributed by atoms with Crippen molar-refractivity contribution in [3.8, 4) is 5.75 Å². The average Bonchev–Trinajstić information content (AvgIpc) is 3.04. The fourth-order valence-electron chi connectivity index (χ4n) is 2.16. The van der Waals surface area contributed by atoms with Crippen LogP contribution in [-0.2, 0) is 6.54 Å². The van der Waals surface area contributed by atoms with Gasteiger partial charge < -0.3 is 15.4 Å². The number of hydrogen-bond donors (Lipinski definition) is 2. The monoisotopic (exact) mass is 320 g/mol. The van der Waals surface area contributed by atoms with E-state index in [0.717, 1.165) is 13.0 Å². The Kier molecular flexibility index (Phi) is 5.96. The quantitative estimate of drug-likeness (QED) is 0.770. The van der Waals surface area contributed by atoms with E-state index in [4.69, 9.17) is 4.74 Å². The molecule has 0 saturated heterocycles. The number of halogens is 1. The lowest BCUT2D eigenvalue weighted by Gasteiger charge is -2.16. The summed E-state index contributed by atoms with van der Waals surface area (Å²) >= 11 is 0. The second-order valence-electron chi connectivity index (χ2n) is 5.14. The Morgan fingerprint density at radius 2 is 2.30 bits per heavy atom. The van der Waals surface area contributed by atoms with Gasteiger partial charge >= 0.3 is 6.03 Å². The molecule has 0 bridgehead atoms. The summed E-state index contributed by atoms with van der Waals surface area (Å²) in [7, 11) is 1.41. The van der Waals surface area contributed by atoms with E-state index in [1.807, 2.05) is 16.9 Å². The van der Waals surface area contributed by atoms with Crippen LogP contribution in [-0.4, -0.2) is 29.5 Å². The molecule has 2 rings (SSSR count). The highest BCUT2D eigenvalue weighted by atomic mass is 19.1. The first kappa shape index (κ1) is 16.8. The number of rotatable bonds is 7. The largest absolute Gasteiger partial charge is 0.494 e. The molecule has 7 heteroatoms. The van der Waals surface area contributed by atoms with Crippen molar-refractivity contribution in [3.63, 3.8) is 0 Å². The van der Waals surface area contributed by atoms with Gasteiger partial charge in [-0.25, -0.2) is 9.18 Å². The van der Waals surface area contributed by atoms with Crippen LogP contribution in [0.2, 0.25) is 0 Å². The fourth-order valence-corrected chi connectivity index (χ4v) is 2.16. The summed E-state index contributed by atoms with van der Waals surface area (Å²) in [5, 5.41) is 9.63. The minimum absolute atomic E-state index is 0.184. The molecule has 0 aliphatic carbocycles. The number of ether oxygens (including phenoxy) is 1. The number of urea groups is 1. The van der Waals surface area contributed by atoms with Gasteiger partial charge in [-0.3, -0.25) is 4.68 Å². The molecule has 0 unspecified atom stereocenters. The second kappa shape index (κ2) is 8.17. The van der Waals surface area contributed by atoms with Gasteiger partial charge in [0.05, 0.1) is 13.2 Å². The smallest absolute Gasteiger partial charge is 0.315 e. The van der Waals surface area contributed by atoms with Gasteiger partial charge in [-0.2, -0.15) is 5.10 Å². The predicted octanol–water partition coefficient (Wildman–Crippen LogP) is 2.48. The van der Waals surface area contributed by atoms with E-state index in [-0.39, 0.29) is 17.8 Å². The number of aryl methyl sites for hydroxylation is 1. The summed E-state index contributed by atoms with van der Waals surface area (Å²) in [5.74, 6) is -0.262. The van der Waals surface area contributed by atoms with Crippen molar-refractivity contribution in [1.82, 2.24) is 20.4 Å². The number of amides is 2. The van der Waals surface area contributed by atoms with E-state index < -0.39 is 5.82 Å². The van der Waals surface area contributed by atoms with Gasteiger partial charge in [0.25, 0.3) is 0 Å². The highest BCUT2D eigenvalue weighted by molar-refractivity contribution is 5.74. The molecule has 0 spiro atoms. The van der Waals surface area contributed by atoms with E-state index in [1.165, 1.54) is 13.2 Å². The van der Waals surface area contributed by atoms with E-state index in [0.29, 0.717) is 12.1 Å². The molecule has 23 heavy (non-hydrogen) atoms. The third kappa shape index (κ3) is 4.98. The molecule has 1 heterocycles. The summed E-state index contributed by atoms with van der Waals surface area (Å²) < 4.78 is 20.4. The van der Waals surface area contributed by atoms with Gasteiger partial charge in [0, 0.05) is 25.5 Å². The second-order valence-corrected chi connectivity index (χ2v) is 5.14. The van der Waals surface area contributed by atoms with Gasteiger partial charge in [-0.15, -0.1) is 0 Å². The molecule has 124 valence electrons. The molecule has 0 aliphatic heterocycles. The summed E-state index contributed by atoms with van der Waals surface area (Å²) in [6.07, 6.45) is 4.37. The minimum atomic E-state index is -0.446. The van der Waals surface area contributed by atoms with Crippen LogP contribution in [0.5, 0.6) is 5.75 Å². The van der Waals surface area contributed by atoms with Gasteiger partial charge in [0.1, 0.15) is 0 Å². The van der Waals surface area contributed by atoms with Gasteiger partial charge in [0.2, 0.25) is 0 Å². The molecule has 6 nitrogen and oxygen atoms in total. The molecule has 1 atom stereocenters. The SMILES string of the molecule is COc1ccc([C@H](C)NC(=O)NCCCn2cccn2)cc1F. The molecule has 1 aromatic carbocycles. The lowest BCUT2D eigenvalue weighted by molar-refractivity contribution is 0.237. The first-order valence-corrected chi connectivity index (χ1v) is 7.45. The molecule has 0 aliphatic rings. The number of methoxy groups -OCH3 is 1. The van der Waals surface area contributed by atoms with Crippen LogP contribution in [0.25, 0.3) is 0 Å². The molecule has 2 aromatic rings. The Labute approximate surface area is 134 Å². The molecular formula is C16H21FN4O2. The van der Waals surface area contributed by atoms with E-state index in [9.17, 15) is 9.18 Å². The Morgan fingerprint density at radius 1 is 1.48 bits per heavy atom. The third-order valence-corrected chi connectivity index (χ3v) is 3.43. The first-order chi connectivity index (χ1) is 11.1. The van der Waals surface area contributed by atoms with E-state index >= 15 is 0 Å². The number of carbonyl (C=O) groups excluding carboxylic acids is 1. The summed E-state index contributed by atoms with van der Waals surface area (Å²) in [4.78, 5) is 11.8. The maximum absolute atomic E-state index is 13.7. The van der Waals surface area contributed by atoms with Crippen LogP contribution >= 0.6 is 0 Å². The van der Waals surface area contributed by atoms with Crippen molar-refractivity contribution in [2.24, 2.45) is 0 Å². The van der Waals surface area contributed by atoms with Crippen molar-refractivity contribution < 1.29 is 13.9 Å². The van der Waals surface area contributed by atoms with Gasteiger partial charge in [-0.05, 0) is 37.1 Å². The maximum Gasteiger partial charge on any atom is 0.315 e. The Bertz CT molecular complexity index is 631. The van der Waals surface area contributed by atoms with Crippen LogP contribution in [0.15, 0.2) is 36.7 Å². The van der Waals surface area contributed by atoms with Crippen LogP contribution in [0.4, 0.5) is 9.18 Å². The highest BCUT2D eigenvalue weighted by Gasteiger charge is 2.11. The predicted molar refractivity (Wildman–Crippen MR) is 84.7 cm³/mol. The molecule has 2 amide bonds. The molecular weight excluding hydrogens is 299 g/mol. The van der Waals surface area contributed by atoms with E-state index in [2.05, 4.69) is 15.7 Å². The Morgan fingerprint density at radius 3 is 2.96 bits per heavy atom.